The summed E-state index contributed by atoms with van der Waals surface area (Å²) in [6, 6.07) is 6.67. The first-order valence-corrected chi connectivity index (χ1v) is 5.00. The quantitative estimate of drug-likeness (QED) is 0.604. The fraction of sp³-hybridized carbons (Fsp3) is 0.333. The number of phenols is 1. The number of aromatic hydroxyl groups is 1. The Morgan fingerprint density at radius 1 is 1.07 bits per heavy atom. The number of hydrogen-bond donors (Lipinski definition) is 3. The SMILES string of the molecule is Oc1ccc([C@@H]2C=CC[C@@H](O)[C@H]2O)cc1. The molecule has 0 radical (unpaired) electrons. The van der Waals surface area contributed by atoms with Crippen LogP contribution in [0.25, 0.3) is 0 Å². The summed E-state index contributed by atoms with van der Waals surface area (Å²) in [6.45, 7) is 0. The van der Waals surface area contributed by atoms with E-state index in [0.717, 1.165) is 5.56 Å². The zero-order valence-electron chi connectivity index (χ0n) is 8.24. The molecule has 1 aromatic rings. The first kappa shape index (κ1) is 10.2. The second-order valence-electron chi connectivity index (χ2n) is 3.84. The van der Waals surface area contributed by atoms with Crippen molar-refractivity contribution in [3.05, 3.63) is 42.0 Å². The number of phenolic OH excluding ortho intramolecular Hbond substituents is 1. The van der Waals surface area contributed by atoms with Gasteiger partial charge in [0.05, 0.1) is 12.2 Å². The second kappa shape index (κ2) is 4.04. The van der Waals surface area contributed by atoms with Crippen LogP contribution in [0.2, 0.25) is 0 Å². The molecule has 3 nitrogen and oxygen atoms in total. The lowest BCUT2D eigenvalue weighted by Gasteiger charge is -2.27. The van der Waals surface area contributed by atoms with Crippen LogP contribution < -0.4 is 0 Å². The largest absolute Gasteiger partial charge is 0.508 e. The number of aliphatic hydroxyl groups is 2. The molecule has 0 aliphatic heterocycles. The number of aliphatic hydroxyl groups excluding tert-OH is 2. The minimum absolute atomic E-state index is 0.186. The van der Waals surface area contributed by atoms with Gasteiger partial charge in [-0.2, -0.15) is 0 Å². The Balaban J connectivity index is 2.26. The summed E-state index contributed by atoms with van der Waals surface area (Å²) in [6.07, 6.45) is 2.79. The molecule has 3 N–H and O–H groups in total. The number of benzene rings is 1. The van der Waals surface area contributed by atoms with Crippen molar-refractivity contribution < 1.29 is 15.3 Å². The monoisotopic (exact) mass is 206 g/mol. The molecule has 0 spiro atoms. The average molecular weight is 206 g/mol. The van der Waals surface area contributed by atoms with Crippen LogP contribution in [-0.2, 0) is 0 Å². The Kier molecular flexibility index (Phi) is 2.75. The molecule has 15 heavy (non-hydrogen) atoms. The molecule has 0 heterocycles. The molecular weight excluding hydrogens is 192 g/mol. The van der Waals surface area contributed by atoms with Gasteiger partial charge in [0.2, 0.25) is 0 Å². The molecule has 1 aliphatic rings. The number of rotatable bonds is 1. The van der Waals surface area contributed by atoms with Crippen molar-refractivity contribution in [3.8, 4) is 5.75 Å². The van der Waals surface area contributed by atoms with Crippen LogP contribution in [0.1, 0.15) is 17.9 Å². The van der Waals surface area contributed by atoms with E-state index in [1.54, 1.807) is 24.3 Å². The summed E-state index contributed by atoms with van der Waals surface area (Å²) in [7, 11) is 0. The van der Waals surface area contributed by atoms with E-state index in [1.165, 1.54) is 0 Å². The lowest BCUT2D eigenvalue weighted by atomic mass is 9.85. The zero-order chi connectivity index (χ0) is 10.8. The summed E-state index contributed by atoms with van der Waals surface area (Å²) in [5.41, 5.74) is 0.898. The first-order valence-electron chi connectivity index (χ1n) is 5.00. The fourth-order valence-electron chi connectivity index (χ4n) is 1.86. The molecule has 80 valence electrons. The Morgan fingerprint density at radius 2 is 1.73 bits per heavy atom. The van der Waals surface area contributed by atoms with E-state index < -0.39 is 12.2 Å². The molecule has 3 atom stereocenters. The molecule has 1 aromatic carbocycles. The highest BCUT2D eigenvalue weighted by molar-refractivity contribution is 5.32. The van der Waals surface area contributed by atoms with Crippen molar-refractivity contribution in [2.75, 3.05) is 0 Å². The molecule has 0 saturated heterocycles. The van der Waals surface area contributed by atoms with Gasteiger partial charge in [-0.15, -0.1) is 0 Å². The molecule has 3 heteroatoms. The van der Waals surface area contributed by atoms with Crippen molar-refractivity contribution in [2.24, 2.45) is 0 Å². The molecular formula is C12H14O3. The summed E-state index contributed by atoms with van der Waals surface area (Å²) < 4.78 is 0. The molecule has 2 rings (SSSR count). The van der Waals surface area contributed by atoms with E-state index >= 15 is 0 Å². The van der Waals surface area contributed by atoms with Gasteiger partial charge >= 0.3 is 0 Å². The Hall–Kier alpha value is -1.32. The minimum Gasteiger partial charge on any atom is -0.508 e. The van der Waals surface area contributed by atoms with Crippen LogP contribution in [-0.4, -0.2) is 27.5 Å². The van der Waals surface area contributed by atoms with Crippen LogP contribution >= 0.6 is 0 Å². The molecule has 0 aromatic heterocycles. The third-order valence-corrected chi connectivity index (χ3v) is 2.76. The summed E-state index contributed by atoms with van der Waals surface area (Å²) in [4.78, 5) is 0. The Bertz CT molecular complexity index is 356. The summed E-state index contributed by atoms with van der Waals surface area (Å²) in [5, 5.41) is 28.5. The van der Waals surface area contributed by atoms with Crippen molar-refractivity contribution in [2.45, 2.75) is 24.5 Å². The van der Waals surface area contributed by atoms with Crippen LogP contribution in [0.15, 0.2) is 36.4 Å². The molecule has 0 saturated carbocycles. The molecule has 1 aliphatic carbocycles. The van der Waals surface area contributed by atoms with Gasteiger partial charge < -0.3 is 15.3 Å². The Labute approximate surface area is 88.3 Å². The van der Waals surface area contributed by atoms with E-state index in [0.29, 0.717) is 6.42 Å². The topological polar surface area (TPSA) is 60.7 Å². The van der Waals surface area contributed by atoms with Crippen molar-refractivity contribution in [1.29, 1.82) is 0 Å². The van der Waals surface area contributed by atoms with Gasteiger partial charge in [0.1, 0.15) is 5.75 Å². The maximum Gasteiger partial charge on any atom is 0.115 e. The van der Waals surface area contributed by atoms with Crippen LogP contribution in [0.4, 0.5) is 0 Å². The van der Waals surface area contributed by atoms with Gasteiger partial charge in [0, 0.05) is 5.92 Å². The third kappa shape index (κ3) is 2.03. The smallest absolute Gasteiger partial charge is 0.115 e. The van der Waals surface area contributed by atoms with Crippen molar-refractivity contribution >= 4 is 0 Å². The van der Waals surface area contributed by atoms with E-state index in [9.17, 15) is 10.2 Å². The van der Waals surface area contributed by atoms with Gasteiger partial charge in [-0.3, -0.25) is 0 Å². The third-order valence-electron chi connectivity index (χ3n) is 2.76. The predicted molar refractivity (Wildman–Crippen MR) is 56.6 cm³/mol. The molecule has 0 amide bonds. The summed E-state index contributed by atoms with van der Waals surface area (Å²) >= 11 is 0. The van der Waals surface area contributed by atoms with E-state index in [-0.39, 0.29) is 11.7 Å². The van der Waals surface area contributed by atoms with Gasteiger partial charge in [0.25, 0.3) is 0 Å². The molecule has 0 fully saturated rings. The maximum absolute atomic E-state index is 9.80. The second-order valence-corrected chi connectivity index (χ2v) is 3.84. The highest BCUT2D eigenvalue weighted by atomic mass is 16.3. The standard InChI is InChI=1S/C12H14O3/c13-9-6-4-8(5-7-9)10-2-1-3-11(14)12(10)15/h1-2,4-7,10-15H,3H2/t10-,11+,12-/m0/s1. The van der Waals surface area contributed by atoms with E-state index in [4.69, 9.17) is 5.11 Å². The summed E-state index contributed by atoms with van der Waals surface area (Å²) in [5.74, 6) is 0.0166. The van der Waals surface area contributed by atoms with Crippen LogP contribution in [0.3, 0.4) is 0 Å². The highest BCUT2D eigenvalue weighted by Gasteiger charge is 2.27. The zero-order valence-corrected chi connectivity index (χ0v) is 8.24. The van der Waals surface area contributed by atoms with Crippen LogP contribution in [0.5, 0.6) is 5.75 Å². The first-order chi connectivity index (χ1) is 7.18. The maximum atomic E-state index is 9.80. The number of hydrogen-bond acceptors (Lipinski definition) is 3. The van der Waals surface area contributed by atoms with Gasteiger partial charge in [0.15, 0.2) is 0 Å². The van der Waals surface area contributed by atoms with Crippen molar-refractivity contribution in [1.82, 2.24) is 0 Å². The van der Waals surface area contributed by atoms with Gasteiger partial charge in [-0.05, 0) is 24.1 Å². The van der Waals surface area contributed by atoms with Gasteiger partial charge in [-0.1, -0.05) is 24.3 Å². The average Bonchev–Trinajstić information content (AvgIpc) is 2.24. The lowest BCUT2D eigenvalue weighted by molar-refractivity contribution is 0.00820. The Morgan fingerprint density at radius 3 is 2.40 bits per heavy atom. The minimum atomic E-state index is -0.764. The van der Waals surface area contributed by atoms with E-state index in [1.807, 2.05) is 12.2 Å². The fourth-order valence-corrected chi connectivity index (χ4v) is 1.86. The van der Waals surface area contributed by atoms with E-state index in [2.05, 4.69) is 0 Å². The van der Waals surface area contributed by atoms with Gasteiger partial charge in [-0.25, -0.2) is 0 Å². The normalized spacial score (nSPS) is 30.4. The molecule has 0 bridgehead atoms. The molecule has 0 unspecified atom stereocenters. The lowest BCUT2D eigenvalue weighted by Crippen LogP contribution is -2.33. The predicted octanol–water partition coefficient (Wildman–Crippen LogP) is 1.16. The van der Waals surface area contributed by atoms with Crippen molar-refractivity contribution in [3.63, 3.8) is 0 Å². The van der Waals surface area contributed by atoms with Crippen LogP contribution in [0, 0.1) is 0 Å². The highest BCUT2D eigenvalue weighted by Crippen LogP contribution is 2.29.